The van der Waals surface area contributed by atoms with Crippen molar-refractivity contribution < 1.29 is 14.4 Å². The average Bonchev–Trinajstić information content (AvgIpc) is 1.96. The molecule has 0 aliphatic carbocycles. The molecule has 0 bridgehead atoms. The van der Waals surface area contributed by atoms with Gasteiger partial charge in [0.2, 0.25) is 0 Å². The minimum absolute atomic E-state index is 1.88. The minimum Gasteiger partial charge on any atom is -0.184 e. The van der Waals surface area contributed by atoms with Gasteiger partial charge in [-0.05, 0) is 0 Å². The van der Waals surface area contributed by atoms with Gasteiger partial charge in [-0.3, -0.25) is 0 Å². The number of hydrogen-bond donors (Lipinski definition) is 0. The van der Waals surface area contributed by atoms with Crippen molar-refractivity contribution in [1.29, 1.82) is 0 Å². The van der Waals surface area contributed by atoms with E-state index in [4.69, 9.17) is 0 Å². The van der Waals surface area contributed by atoms with E-state index in [1.807, 2.05) is 30.3 Å². The SMILES string of the molecule is [S]=[Cu].[c-]1ccccc1. The van der Waals surface area contributed by atoms with Crippen LogP contribution in [0.5, 0.6) is 0 Å². The Morgan fingerprint density at radius 3 is 1.62 bits per heavy atom. The molecular formula is C6H5CuS-. The first-order valence-electron chi connectivity index (χ1n) is 2.03. The van der Waals surface area contributed by atoms with E-state index in [1.165, 1.54) is 0 Å². The Bertz CT molecular complexity index is 91.4. The van der Waals surface area contributed by atoms with Crippen LogP contribution in [0, 0.1) is 6.07 Å². The van der Waals surface area contributed by atoms with Crippen LogP contribution in [0.1, 0.15) is 0 Å². The summed E-state index contributed by atoms with van der Waals surface area (Å²) in [7, 11) is 3.65. The molecule has 0 saturated carbocycles. The predicted octanol–water partition coefficient (Wildman–Crippen LogP) is 2.13. The molecule has 2 heteroatoms. The predicted molar refractivity (Wildman–Crippen MR) is 32.9 cm³/mol. The van der Waals surface area contributed by atoms with Gasteiger partial charge >= 0.3 is 24.9 Å². The van der Waals surface area contributed by atoms with Gasteiger partial charge in [0.15, 0.2) is 0 Å². The van der Waals surface area contributed by atoms with Crippen LogP contribution >= 0.6 is 10.6 Å². The van der Waals surface area contributed by atoms with Crippen LogP contribution in [0.4, 0.5) is 0 Å². The van der Waals surface area contributed by atoms with E-state index in [9.17, 15) is 0 Å². The van der Waals surface area contributed by atoms with Crippen LogP contribution in [0.2, 0.25) is 0 Å². The Balaban J connectivity index is 0.000000222. The summed E-state index contributed by atoms with van der Waals surface area (Å²) in [6.45, 7) is 0. The van der Waals surface area contributed by atoms with Crippen molar-refractivity contribution in [1.82, 2.24) is 0 Å². The molecule has 0 saturated heterocycles. The Hall–Kier alpha value is -0.0405. The van der Waals surface area contributed by atoms with E-state index in [2.05, 4.69) is 31.0 Å². The van der Waals surface area contributed by atoms with Gasteiger partial charge in [0.25, 0.3) is 0 Å². The fourth-order valence-electron chi connectivity index (χ4n) is 0.342. The average molecular weight is 173 g/mol. The molecule has 8 heavy (non-hydrogen) atoms. The zero-order valence-corrected chi connectivity index (χ0v) is 5.85. The Labute approximate surface area is 61.6 Å². The monoisotopic (exact) mass is 172 g/mol. The molecule has 0 aromatic heterocycles. The first kappa shape index (κ1) is 7.96. The number of rotatable bonds is 0. The fourth-order valence-corrected chi connectivity index (χ4v) is 0.342. The minimum atomic E-state index is 1.88. The Kier molecular flexibility index (Phi) is 6.92. The van der Waals surface area contributed by atoms with Crippen molar-refractivity contribution in [3.8, 4) is 0 Å². The van der Waals surface area contributed by atoms with Crippen LogP contribution < -0.4 is 0 Å². The quantitative estimate of drug-likeness (QED) is 0.427. The van der Waals surface area contributed by atoms with E-state index in [0.717, 1.165) is 0 Å². The number of hydrogen-bond acceptors (Lipinski definition) is 1. The van der Waals surface area contributed by atoms with Crippen molar-refractivity contribution in [3.63, 3.8) is 0 Å². The normalized spacial score (nSPS) is 6.75. The van der Waals surface area contributed by atoms with Crippen LogP contribution in [0.3, 0.4) is 0 Å². The topological polar surface area (TPSA) is 0 Å². The first-order chi connectivity index (χ1) is 4.00. The van der Waals surface area contributed by atoms with Gasteiger partial charge in [-0.25, -0.2) is 0 Å². The summed E-state index contributed by atoms with van der Waals surface area (Å²) in [6.07, 6.45) is 0. The molecule has 0 heterocycles. The summed E-state index contributed by atoms with van der Waals surface area (Å²) in [5.74, 6) is 0. The van der Waals surface area contributed by atoms with Crippen LogP contribution in [0.25, 0.3) is 0 Å². The molecule has 0 radical (unpaired) electrons. The summed E-state index contributed by atoms with van der Waals surface area (Å²) in [5, 5.41) is 0. The Morgan fingerprint density at radius 2 is 1.50 bits per heavy atom. The van der Waals surface area contributed by atoms with Crippen molar-refractivity contribution in [2.75, 3.05) is 0 Å². The molecule has 1 aromatic rings. The maximum atomic E-state index is 3.77. The van der Waals surface area contributed by atoms with E-state index in [1.54, 1.807) is 0 Å². The second-order valence-corrected chi connectivity index (χ2v) is 1.08. The van der Waals surface area contributed by atoms with E-state index in [0.29, 0.717) is 0 Å². The molecule has 47 valence electrons. The maximum Gasteiger partial charge on any atom is -0.171 e. The van der Waals surface area contributed by atoms with Crippen molar-refractivity contribution in [3.05, 3.63) is 36.4 Å². The van der Waals surface area contributed by atoms with Crippen molar-refractivity contribution in [2.24, 2.45) is 0 Å². The smallest absolute Gasteiger partial charge is 0.171 e. The summed E-state index contributed by atoms with van der Waals surface area (Å²) in [5.41, 5.74) is 0. The van der Waals surface area contributed by atoms with Gasteiger partial charge in [-0.15, -0.1) is 0 Å². The van der Waals surface area contributed by atoms with Gasteiger partial charge in [0.05, 0.1) is 0 Å². The fraction of sp³-hybridized carbons (Fsp3) is 0. The summed E-state index contributed by atoms with van der Waals surface area (Å²) < 4.78 is 0. The van der Waals surface area contributed by atoms with Crippen LogP contribution in [-0.2, 0) is 14.4 Å². The molecule has 0 aliphatic heterocycles. The molecule has 0 atom stereocenters. The zero-order valence-electron chi connectivity index (χ0n) is 4.10. The molecule has 0 N–H and O–H groups in total. The van der Waals surface area contributed by atoms with E-state index < -0.39 is 0 Å². The third-order valence-electron chi connectivity index (χ3n) is 0.607. The molecule has 1 aromatic carbocycles. The Morgan fingerprint density at radius 1 is 1.00 bits per heavy atom. The molecule has 0 aliphatic rings. The van der Waals surface area contributed by atoms with Gasteiger partial charge in [0.1, 0.15) is 0 Å². The molecule has 0 spiro atoms. The summed E-state index contributed by atoms with van der Waals surface area (Å²) in [6, 6.07) is 12.5. The first-order valence-corrected chi connectivity index (χ1v) is 3.43. The molecule has 0 nitrogen and oxygen atoms in total. The third-order valence-corrected chi connectivity index (χ3v) is 0.607. The van der Waals surface area contributed by atoms with Crippen LogP contribution in [-0.4, -0.2) is 0 Å². The van der Waals surface area contributed by atoms with Crippen molar-refractivity contribution >= 4 is 10.6 Å². The van der Waals surface area contributed by atoms with Crippen LogP contribution in [0.15, 0.2) is 30.3 Å². The van der Waals surface area contributed by atoms with E-state index in [-0.39, 0.29) is 0 Å². The zero-order chi connectivity index (χ0) is 6.24. The standard InChI is InChI=1S/C6H5.Cu.S/c1-2-4-6-5-3-1;;/h1-5H;;/q-1;;. The molecule has 0 unspecified atom stereocenters. The molecular weight excluding hydrogens is 168 g/mol. The summed E-state index contributed by atoms with van der Waals surface area (Å²) in [4.78, 5) is 0. The van der Waals surface area contributed by atoms with Gasteiger partial charge in [0, 0.05) is 0 Å². The van der Waals surface area contributed by atoms with Crippen molar-refractivity contribution in [2.45, 2.75) is 0 Å². The number of benzene rings is 1. The van der Waals surface area contributed by atoms with Gasteiger partial charge in [-0.2, -0.15) is 36.4 Å². The second kappa shape index (κ2) is 6.96. The largest absolute Gasteiger partial charge is 0.184 e. The molecule has 0 fully saturated rings. The van der Waals surface area contributed by atoms with E-state index >= 15 is 0 Å². The van der Waals surface area contributed by atoms with Gasteiger partial charge < -0.3 is 0 Å². The molecule has 0 amide bonds. The maximum absolute atomic E-state index is 3.77. The third kappa shape index (κ3) is 4.13. The van der Waals surface area contributed by atoms with Gasteiger partial charge in [-0.1, -0.05) is 0 Å². The summed E-state index contributed by atoms with van der Waals surface area (Å²) >= 11 is 3.77. The second-order valence-electron chi connectivity index (χ2n) is 1.08. The molecule has 1 rings (SSSR count).